The van der Waals surface area contributed by atoms with Gasteiger partial charge in [0.15, 0.2) is 0 Å². The second-order valence-electron chi connectivity index (χ2n) is 6.04. The first-order valence-corrected chi connectivity index (χ1v) is 8.03. The Labute approximate surface area is 130 Å². The van der Waals surface area contributed by atoms with E-state index in [0.29, 0.717) is 12.1 Å². The van der Waals surface area contributed by atoms with Crippen molar-refractivity contribution in [2.75, 3.05) is 18.5 Å². The number of rotatable bonds is 5. The van der Waals surface area contributed by atoms with Crippen LogP contribution in [-0.4, -0.2) is 31.1 Å². The van der Waals surface area contributed by atoms with E-state index in [0.717, 1.165) is 44.4 Å². The molecule has 0 spiro atoms. The van der Waals surface area contributed by atoms with Gasteiger partial charge in [0.2, 0.25) is 5.91 Å². The molecule has 1 heterocycles. The molecule has 0 bridgehead atoms. The molecule has 1 aromatic carbocycles. The molecule has 1 aromatic rings. The van der Waals surface area contributed by atoms with Gasteiger partial charge in [-0.3, -0.25) is 9.59 Å². The summed E-state index contributed by atoms with van der Waals surface area (Å²) in [5, 5.41) is 5.78. The first-order chi connectivity index (χ1) is 10.7. The van der Waals surface area contributed by atoms with Crippen LogP contribution >= 0.6 is 0 Å². The van der Waals surface area contributed by atoms with Gasteiger partial charge in [-0.2, -0.15) is 0 Å². The van der Waals surface area contributed by atoms with E-state index in [9.17, 15) is 9.59 Å². The highest BCUT2D eigenvalue weighted by molar-refractivity contribution is 5.96. The maximum Gasteiger partial charge on any atom is 0.251 e. The predicted molar refractivity (Wildman–Crippen MR) is 83.7 cm³/mol. The first-order valence-electron chi connectivity index (χ1n) is 8.03. The van der Waals surface area contributed by atoms with E-state index in [1.54, 1.807) is 24.3 Å². The second-order valence-corrected chi connectivity index (χ2v) is 6.04. The lowest BCUT2D eigenvalue weighted by atomic mass is 9.85. The van der Waals surface area contributed by atoms with Crippen molar-refractivity contribution in [3.05, 3.63) is 29.8 Å². The van der Waals surface area contributed by atoms with Gasteiger partial charge in [0.25, 0.3) is 5.91 Å². The van der Waals surface area contributed by atoms with Gasteiger partial charge in [0.1, 0.15) is 0 Å². The van der Waals surface area contributed by atoms with Crippen LogP contribution in [0.15, 0.2) is 24.3 Å². The molecular formula is C17H22N2O3. The maximum atomic E-state index is 12.0. The van der Waals surface area contributed by atoms with Crippen molar-refractivity contribution in [3.63, 3.8) is 0 Å². The second kappa shape index (κ2) is 6.92. The van der Waals surface area contributed by atoms with Gasteiger partial charge in [0.05, 0.1) is 6.10 Å². The van der Waals surface area contributed by atoms with Crippen molar-refractivity contribution in [3.8, 4) is 0 Å². The van der Waals surface area contributed by atoms with Crippen LogP contribution in [0.1, 0.15) is 42.5 Å². The third-order valence-electron chi connectivity index (χ3n) is 4.40. The normalized spacial score (nSPS) is 21.2. The van der Waals surface area contributed by atoms with E-state index < -0.39 is 0 Å². The smallest absolute Gasteiger partial charge is 0.251 e. The summed E-state index contributed by atoms with van der Waals surface area (Å²) >= 11 is 0. The monoisotopic (exact) mass is 302 g/mol. The fourth-order valence-corrected chi connectivity index (χ4v) is 2.73. The molecule has 1 saturated heterocycles. The van der Waals surface area contributed by atoms with Crippen molar-refractivity contribution < 1.29 is 14.3 Å². The van der Waals surface area contributed by atoms with Gasteiger partial charge < -0.3 is 15.4 Å². The topological polar surface area (TPSA) is 67.4 Å². The average molecular weight is 302 g/mol. The number of benzene rings is 1. The molecule has 1 aliphatic carbocycles. The summed E-state index contributed by atoms with van der Waals surface area (Å²) in [7, 11) is 0. The van der Waals surface area contributed by atoms with Crippen LogP contribution in [0.5, 0.6) is 0 Å². The number of hydrogen-bond donors (Lipinski definition) is 2. The number of ether oxygens (including phenoxy) is 1. The lowest BCUT2D eigenvalue weighted by molar-refractivity contribution is -0.122. The highest BCUT2D eigenvalue weighted by Gasteiger charge is 2.25. The van der Waals surface area contributed by atoms with Gasteiger partial charge >= 0.3 is 0 Å². The van der Waals surface area contributed by atoms with Crippen LogP contribution < -0.4 is 10.6 Å². The zero-order chi connectivity index (χ0) is 15.4. The first kappa shape index (κ1) is 15.0. The van der Waals surface area contributed by atoms with Crippen LogP contribution in [0, 0.1) is 5.92 Å². The number of anilines is 1. The summed E-state index contributed by atoms with van der Waals surface area (Å²) in [6, 6.07) is 7.03. The van der Waals surface area contributed by atoms with Crippen molar-refractivity contribution in [2.24, 2.45) is 5.92 Å². The summed E-state index contributed by atoms with van der Waals surface area (Å²) < 4.78 is 5.48. The van der Waals surface area contributed by atoms with E-state index in [-0.39, 0.29) is 23.8 Å². The summed E-state index contributed by atoms with van der Waals surface area (Å²) in [6.45, 7) is 1.34. The lowest BCUT2D eigenvalue weighted by Gasteiger charge is -2.24. The van der Waals surface area contributed by atoms with Crippen molar-refractivity contribution in [1.29, 1.82) is 0 Å². The molecule has 3 rings (SSSR count). The highest BCUT2D eigenvalue weighted by atomic mass is 16.5. The summed E-state index contributed by atoms with van der Waals surface area (Å²) in [5.41, 5.74) is 1.34. The minimum Gasteiger partial charge on any atom is -0.376 e. The van der Waals surface area contributed by atoms with Gasteiger partial charge in [0, 0.05) is 30.3 Å². The Morgan fingerprint density at radius 3 is 2.45 bits per heavy atom. The fraction of sp³-hybridized carbons (Fsp3) is 0.529. The van der Waals surface area contributed by atoms with Gasteiger partial charge in [-0.1, -0.05) is 6.42 Å². The molecule has 2 aliphatic rings. The molecule has 5 nitrogen and oxygen atoms in total. The van der Waals surface area contributed by atoms with E-state index in [4.69, 9.17) is 4.74 Å². The number of hydrogen-bond acceptors (Lipinski definition) is 3. The Morgan fingerprint density at radius 1 is 1.09 bits per heavy atom. The third kappa shape index (κ3) is 3.65. The van der Waals surface area contributed by atoms with Crippen LogP contribution in [0.25, 0.3) is 0 Å². The number of nitrogens with one attached hydrogen (secondary N) is 2. The molecular weight excluding hydrogens is 280 g/mol. The van der Waals surface area contributed by atoms with Gasteiger partial charge in [-0.25, -0.2) is 0 Å². The molecule has 0 aromatic heterocycles. The fourth-order valence-electron chi connectivity index (χ4n) is 2.73. The quantitative estimate of drug-likeness (QED) is 0.877. The summed E-state index contributed by atoms with van der Waals surface area (Å²) in [6.07, 6.45) is 5.32. The molecule has 1 saturated carbocycles. The van der Waals surface area contributed by atoms with Gasteiger partial charge in [-0.05, 0) is 49.9 Å². The Balaban J connectivity index is 1.49. The summed E-state index contributed by atoms with van der Waals surface area (Å²) in [4.78, 5) is 23.9. The van der Waals surface area contributed by atoms with Crippen LogP contribution in [0.2, 0.25) is 0 Å². The van der Waals surface area contributed by atoms with E-state index in [1.807, 2.05) is 0 Å². The molecule has 2 amide bonds. The standard InChI is InChI=1S/C17H22N2O3/c20-16(18-11-15-5-2-10-22-15)13-6-8-14(9-7-13)19-17(21)12-3-1-4-12/h6-9,12,15H,1-5,10-11H2,(H,18,20)(H,19,21). The lowest BCUT2D eigenvalue weighted by Crippen LogP contribution is -2.31. The van der Waals surface area contributed by atoms with Crippen molar-refractivity contribution in [2.45, 2.75) is 38.2 Å². The molecule has 1 unspecified atom stereocenters. The van der Waals surface area contributed by atoms with Crippen LogP contribution in [0.3, 0.4) is 0 Å². The van der Waals surface area contributed by atoms with Crippen molar-refractivity contribution in [1.82, 2.24) is 5.32 Å². The number of carbonyl (C=O) groups excluding carboxylic acids is 2. The average Bonchev–Trinajstić information content (AvgIpc) is 2.97. The molecule has 118 valence electrons. The SMILES string of the molecule is O=C(NCC1CCCO1)c1ccc(NC(=O)C2CCC2)cc1. The van der Waals surface area contributed by atoms with Crippen LogP contribution in [0.4, 0.5) is 5.69 Å². The molecule has 0 radical (unpaired) electrons. The predicted octanol–water partition coefficient (Wildman–Crippen LogP) is 2.33. The zero-order valence-corrected chi connectivity index (χ0v) is 12.6. The number of carbonyl (C=O) groups is 2. The molecule has 5 heteroatoms. The zero-order valence-electron chi connectivity index (χ0n) is 12.6. The Hall–Kier alpha value is -1.88. The van der Waals surface area contributed by atoms with E-state index in [2.05, 4.69) is 10.6 Å². The Morgan fingerprint density at radius 2 is 1.86 bits per heavy atom. The molecule has 2 fully saturated rings. The van der Waals surface area contributed by atoms with Gasteiger partial charge in [-0.15, -0.1) is 0 Å². The largest absolute Gasteiger partial charge is 0.376 e. The maximum absolute atomic E-state index is 12.0. The number of amides is 2. The third-order valence-corrected chi connectivity index (χ3v) is 4.40. The van der Waals surface area contributed by atoms with E-state index in [1.165, 1.54) is 0 Å². The Bertz CT molecular complexity index is 531. The molecule has 1 aliphatic heterocycles. The molecule has 2 N–H and O–H groups in total. The molecule has 1 atom stereocenters. The van der Waals surface area contributed by atoms with E-state index >= 15 is 0 Å². The highest BCUT2D eigenvalue weighted by Crippen LogP contribution is 2.27. The minimum atomic E-state index is -0.104. The minimum absolute atomic E-state index is 0.0850. The Kier molecular flexibility index (Phi) is 4.73. The van der Waals surface area contributed by atoms with Crippen molar-refractivity contribution >= 4 is 17.5 Å². The molecule has 22 heavy (non-hydrogen) atoms. The summed E-state index contributed by atoms with van der Waals surface area (Å²) in [5.74, 6) is 0.142. The van der Waals surface area contributed by atoms with Crippen LogP contribution in [-0.2, 0) is 9.53 Å².